The molecule has 0 fully saturated rings. The van der Waals surface area contributed by atoms with Crippen molar-refractivity contribution in [2.75, 3.05) is 13.7 Å². The van der Waals surface area contributed by atoms with Gasteiger partial charge >= 0.3 is 6.03 Å². The molecule has 0 saturated carbocycles. The number of amides is 3. The second-order valence-corrected chi connectivity index (χ2v) is 3.70. The molecule has 0 aliphatic carbocycles. The Morgan fingerprint density at radius 1 is 1.38 bits per heavy atom. The van der Waals surface area contributed by atoms with Gasteiger partial charge in [-0.05, 0) is 28.1 Å². The number of rotatable bonds is 3. The topological polar surface area (TPSA) is 67.4 Å². The minimum atomic E-state index is -0.555. The first-order valence-corrected chi connectivity index (χ1v) is 5.31. The molecular weight excluding hydrogens is 276 g/mol. The van der Waals surface area contributed by atoms with Gasteiger partial charge in [0, 0.05) is 7.05 Å². The van der Waals surface area contributed by atoms with Gasteiger partial charge in [0.25, 0.3) is 5.91 Å². The summed E-state index contributed by atoms with van der Waals surface area (Å²) in [4.78, 5) is 22.0. The zero-order valence-electron chi connectivity index (χ0n) is 8.62. The minimum Gasteiger partial charge on any atom is -0.483 e. The molecule has 6 heteroatoms. The van der Waals surface area contributed by atoms with Crippen LogP contribution in [0.25, 0.3) is 0 Å². The van der Waals surface area contributed by atoms with Gasteiger partial charge in [-0.25, -0.2) is 4.79 Å². The number of hydrogen-bond acceptors (Lipinski definition) is 3. The monoisotopic (exact) mass is 286 g/mol. The maximum atomic E-state index is 11.2. The minimum absolute atomic E-state index is 0.212. The largest absolute Gasteiger partial charge is 0.483 e. The highest BCUT2D eigenvalue weighted by molar-refractivity contribution is 9.10. The lowest BCUT2D eigenvalue weighted by molar-refractivity contribution is -0.122. The lowest BCUT2D eigenvalue weighted by Crippen LogP contribution is -2.39. The Kier molecular flexibility index (Phi) is 4.78. The molecule has 0 radical (unpaired) electrons. The van der Waals surface area contributed by atoms with Crippen LogP contribution in [-0.2, 0) is 4.79 Å². The number of carbonyl (C=O) groups excluding carboxylic acids is 2. The van der Waals surface area contributed by atoms with Gasteiger partial charge in [0.15, 0.2) is 6.61 Å². The molecule has 0 aliphatic heterocycles. The van der Waals surface area contributed by atoms with Crippen molar-refractivity contribution in [1.29, 1.82) is 0 Å². The van der Waals surface area contributed by atoms with Crippen LogP contribution >= 0.6 is 15.9 Å². The van der Waals surface area contributed by atoms with Crippen LogP contribution in [-0.4, -0.2) is 25.6 Å². The summed E-state index contributed by atoms with van der Waals surface area (Å²) in [6.07, 6.45) is 0. The van der Waals surface area contributed by atoms with Gasteiger partial charge in [-0.3, -0.25) is 10.1 Å². The fourth-order valence-corrected chi connectivity index (χ4v) is 1.33. The maximum Gasteiger partial charge on any atom is 0.321 e. The first kappa shape index (κ1) is 12.5. The van der Waals surface area contributed by atoms with Crippen molar-refractivity contribution in [3.63, 3.8) is 0 Å². The third-order valence-corrected chi connectivity index (χ3v) is 2.33. The Morgan fingerprint density at radius 2 is 2.06 bits per heavy atom. The Morgan fingerprint density at radius 3 is 2.69 bits per heavy atom. The number of halogens is 1. The molecule has 1 aromatic rings. The van der Waals surface area contributed by atoms with Gasteiger partial charge in [-0.2, -0.15) is 0 Å². The number of carbonyl (C=O) groups is 2. The molecule has 0 bridgehead atoms. The van der Waals surface area contributed by atoms with E-state index in [0.29, 0.717) is 5.75 Å². The Balaban J connectivity index is 2.43. The van der Waals surface area contributed by atoms with Crippen LogP contribution in [0, 0.1) is 0 Å². The standard InChI is InChI=1S/C10H11BrN2O3/c1-12-10(15)13-9(14)6-16-8-5-3-2-4-7(8)11/h2-5H,6H2,1H3,(H2,12,13,14,15). The van der Waals surface area contributed by atoms with Crippen molar-refractivity contribution in [2.45, 2.75) is 0 Å². The fraction of sp³-hybridized carbons (Fsp3) is 0.200. The first-order valence-electron chi connectivity index (χ1n) is 4.52. The summed E-state index contributed by atoms with van der Waals surface area (Å²) < 4.78 is 5.96. The maximum absolute atomic E-state index is 11.2. The van der Waals surface area contributed by atoms with E-state index in [1.807, 2.05) is 6.07 Å². The molecule has 1 aromatic carbocycles. The molecule has 5 nitrogen and oxygen atoms in total. The lowest BCUT2D eigenvalue weighted by atomic mass is 10.3. The molecule has 3 amide bonds. The predicted molar refractivity (Wildman–Crippen MR) is 62.2 cm³/mol. The third-order valence-electron chi connectivity index (χ3n) is 1.68. The van der Waals surface area contributed by atoms with Crippen LogP contribution in [0.1, 0.15) is 0 Å². The SMILES string of the molecule is CNC(=O)NC(=O)COc1ccccc1Br. The highest BCUT2D eigenvalue weighted by Crippen LogP contribution is 2.23. The van der Waals surface area contributed by atoms with Crippen LogP contribution in [0.3, 0.4) is 0 Å². The molecule has 0 saturated heterocycles. The molecule has 1 rings (SSSR count). The van der Waals surface area contributed by atoms with Gasteiger partial charge in [-0.15, -0.1) is 0 Å². The van der Waals surface area contributed by atoms with Crippen molar-refractivity contribution in [3.05, 3.63) is 28.7 Å². The van der Waals surface area contributed by atoms with Crippen LogP contribution in [0.4, 0.5) is 4.79 Å². The summed E-state index contributed by atoms with van der Waals surface area (Å²) >= 11 is 3.27. The smallest absolute Gasteiger partial charge is 0.321 e. The van der Waals surface area contributed by atoms with E-state index in [2.05, 4.69) is 26.6 Å². The zero-order chi connectivity index (χ0) is 12.0. The molecule has 16 heavy (non-hydrogen) atoms. The van der Waals surface area contributed by atoms with Gasteiger partial charge < -0.3 is 10.1 Å². The van der Waals surface area contributed by atoms with Crippen molar-refractivity contribution in [3.8, 4) is 5.75 Å². The lowest BCUT2D eigenvalue weighted by Gasteiger charge is -2.07. The van der Waals surface area contributed by atoms with Gasteiger partial charge in [-0.1, -0.05) is 12.1 Å². The average Bonchev–Trinajstić information content (AvgIpc) is 2.28. The van der Waals surface area contributed by atoms with Crippen molar-refractivity contribution >= 4 is 27.9 Å². The molecule has 0 aromatic heterocycles. The van der Waals surface area contributed by atoms with Gasteiger partial charge in [0.2, 0.25) is 0 Å². The van der Waals surface area contributed by atoms with E-state index in [0.717, 1.165) is 4.47 Å². The van der Waals surface area contributed by atoms with Crippen LogP contribution in [0.2, 0.25) is 0 Å². The summed E-state index contributed by atoms with van der Waals surface area (Å²) in [5, 5.41) is 4.36. The Labute approximate surface area is 101 Å². The normalized spacial score (nSPS) is 9.38. The molecule has 86 valence electrons. The van der Waals surface area contributed by atoms with Crippen molar-refractivity contribution < 1.29 is 14.3 Å². The number of hydrogen-bond donors (Lipinski definition) is 2. The van der Waals surface area contributed by atoms with Crippen LogP contribution in [0.15, 0.2) is 28.7 Å². The first-order chi connectivity index (χ1) is 7.63. The summed E-state index contributed by atoms with van der Waals surface area (Å²) in [6.45, 7) is -0.212. The molecule has 0 spiro atoms. The molecule has 0 unspecified atom stereocenters. The zero-order valence-corrected chi connectivity index (χ0v) is 10.2. The van der Waals surface area contributed by atoms with Crippen molar-refractivity contribution in [2.24, 2.45) is 0 Å². The highest BCUT2D eigenvalue weighted by atomic mass is 79.9. The average molecular weight is 287 g/mol. The van der Waals surface area contributed by atoms with Crippen LogP contribution in [0.5, 0.6) is 5.75 Å². The molecule has 0 atom stereocenters. The van der Waals surface area contributed by atoms with Gasteiger partial charge in [0.1, 0.15) is 5.75 Å². The number of benzene rings is 1. The molecule has 0 heterocycles. The number of imide groups is 1. The predicted octanol–water partition coefficient (Wildman–Crippen LogP) is 1.28. The van der Waals surface area contributed by atoms with E-state index in [9.17, 15) is 9.59 Å². The second kappa shape index (κ2) is 6.12. The molecule has 0 aliphatic rings. The summed E-state index contributed by atoms with van der Waals surface area (Å²) in [6, 6.07) is 6.59. The summed E-state index contributed by atoms with van der Waals surface area (Å²) in [5.74, 6) is 0.0460. The number of nitrogens with one attached hydrogen (secondary N) is 2. The van der Waals surface area contributed by atoms with E-state index in [1.165, 1.54) is 7.05 Å². The van der Waals surface area contributed by atoms with E-state index in [-0.39, 0.29) is 6.61 Å². The van der Waals surface area contributed by atoms with E-state index < -0.39 is 11.9 Å². The van der Waals surface area contributed by atoms with Gasteiger partial charge in [0.05, 0.1) is 4.47 Å². The summed E-state index contributed by atoms with van der Waals surface area (Å²) in [7, 11) is 1.43. The van der Waals surface area contributed by atoms with E-state index in [1.54, 1.807) is 18.2 Å². The molecular formula is C10H11BrN2O3. The fourth-order valence-electron chi connectivity index (χ4n) is 0.930. The number of urea groups is 1. The van der Waals surface area contributed by atoms with Crippen LogP contribution < -0.4 is 15.4 Å². The van der Waals surface area contributed by atoms with E-state index >= 15 is 0 Å². The Hall–Kier alpha value is -1.56. The Bertz CT molecular complexity index is 395. The number of para-hydroxylation sites is 1. The second-order valence-electron chi connectivity index (χ2n) is 2.85. The van der Waals surface area contributed by atoms with Crippen molar-refractivity contribution in [1.82, 2.24) is 10.6 Å². The molecule has 2 N–H and O–H groups in total. The van der Waals surface area contributed by atoms with E-state index in [4.69, 9.17) is 4.74 Å². The highest BCUT2D eigenvalue weighted by Gasteiger charge is 2.07. The number of ether oxygens (including phenoxy) is 1. The third kappa shape index (κ3) is 3.90. The quantitative estimate of drug-likeness (QED) is 0.880. The summed E-state index contributed by atoms with van der Waals surface area (Å²) in [5.41, 5.74) is 0.